The van der Waals surface area contributed by atoms with Crippen LogP contribution in [0.25, 0.3) is 0 Å². The first-order chi connectivity index (χ1) is 16.1. The normalized spacial score (nSPS) is 17.2. The van der Waals surface area contributed by atoms with E-state index in [2.05, 4.69) is 0 Å². The summed E-state index contributed by atoms with van der Waals surface area (Å²) in [6, 6.07) is 8.73. The molecular weight excluding hydrogens is 466 g/mol. The summed E-state index contributed by atoms with van der Waals surface area (Å²) in [5.41, 5.74) is -0.266. The summed E-state index contributed by atoms with van der Waals surface area (Å²) in [7, 11) is -2.49. The molecule has 2 heterocycles. The highest BCUT2D eigenvalue weighted by Gasteiger charge is 2.43. The van der Waals surface area contributed by atoms with Crippen LogP contribution in [0.2, 0.25) is 0 Å². The van der Waals surface area contributed by atoms with Crippen LogP contribution >= 0.6 is 0 Å². The number of piperidine rings is 1. The molecule has 0 atom stereocenters. The monoisotopic (exact) mass is 491 g/mol. The predicted molar refractivity (Wildman–Crippen MR) is 122 cm³/mol. The van der Waals surface area contributed by atoms with Crippen molar-refractivity contribution in [3.05, 3.63) is 52.1 Å². The number of nitro benzene ring substituents is 1. The lowest BCUT2D eigenvalue weighted by Crippen LogP contribution is -2.51. The molecule has 182 valence electrons. The molecule has 0 radical (unpaired) electrons. The molecule has 1 saturated heterocycles. The van der Waals surface area contributed by atoms with Crippen LogP contribution in [-0.4, -0.2) is 58.1 Å². The number of nitrogens with two attached hydrogens (primary N) is 1. The van der Waals surface area contributed by atoms with E-state index in [0.717, 1.165) is 6.07 Å². The number of methoxy groups -OCH3 is 1. The highest BCUT2D eigenvalue weighted by molar-refractivity contribution is 7.89. The average molecular weight is 492 g/mol. The Kier molecular flexibility index (Phi) is 6.47. The molecule has 2 aromatic rings. The van der Waals surface area contributed by atoms with Gasteiger partial charge < -0.3 is 19.1 Å². The fourth-order valence-corrected chi connectivity index (χ4v) is 4.87. The number of anilines is 1. The van der Waals surface area contributed by atoms with E-state index in [1.807, 2.05) is 0 Å². The summed E-state index contributed by atoms with van der Waals surface area (Å²) in [6.45, 7) is 1.58. The average Bonchev–Trinajstić information content (AvgIpc) is 2.78. The van der Waals surface area contributed by atoms with Crippen LogP contribution in [0.4, 0.5) is 11.4 Å². The summed E-state index contributed by atoms with van der Waals surface area (Å²) in [5, 5.41) is 16.7. The number of sulfonamides is 1. The lowest BCUT2D eigenvalue weighted by Gasteiger charge is -2.44. The number of benzene rings is 2. The first-order valence-corrected chi connectivity index (χ1v) is 12.2. The number of hydrogen-bond acceptors (Lipinski definition) is 9. The van der Waals surface area contributed by atoms with Crippen LogP contribution in [0.5, 0.6) is 11.5 Å². The van der Waals surface area contributed by atoms with Crippen molar-refractivity contribution in [1.82, 2.24) is 0 Å². The molecule has 0 bridgehead atoms. The van der Waals surface area contributed by atoms with E-state index in [9.17, 15) is 23.3 Å². The largest absolute Gasteiger partial charge is 0.491 e. The van der Waals surface area contributed by atoms with E-state index < -0.39 is 20.5 Å². The van der Waals surface area contributed by atoms with E-state index in [-0.39, 0.29) is 22.8 Å². The molecule has 34 heavy (non-hydrogen) atoms. The zero-order chi connectivity index (χ0) is 24.5. The van der Waals surface area contributed by atoms with E-state index in [1.165, 1.54) is 12.1 Å². The van der Waals surface area contributed by atoms with Gasteiger partial charge in [-0.1, -0.05) is 0 Å². The highest BCUT2D eigenvalue weighted by Crippen LogP contribution is 2.42. The third kappa shape index (κ3) is 4.83. The molecule has 11 nitrogen and oxygen atoms in total. The number of hydrogen-bond donors (Lipinski definition) is 1. The molecule has 1 spiro atoms. The summed E-state index contributed by atoms with van der Waals surface area (Å²) in [6.07, 6.45) is 1.13. The minimum atomic E-state index is -4.07. The molecule has 2 aliphatic rings. The zero-order valence-corrected chi connectivity index (χ0v) is 19.4. The topological polar surface area (TPSA) is 151 Å². The van der Waals surface area contributed by atoms with Crippen molar-refractivity contribution in [3.63, 3.8) is 0 Å². The lowest BCUT2D eigenvalue weighted by molar-refractivity contribution is -0.384. The van der Waals surface area contributed by atoms with Gasteiger partial charge in [0.15, 0.2) is 5.78 Å². The first-order valence-electron chi connectivity index (χ1n) is 10.7. The predicted octanol–water partition coefficient (Wildman–Crippen LogP) is 2.27. The van der Waals surface area contributed by atoms with Crippen molar-refractivity contribution in [2.45, 2.75) is 29.8 Å². The van der Waals surface area contributed by atoms with Gasteiger partial charge in [-0.05, 0) is 24.3 Å². The number of Topliss-reactive ketones (excluding diaryl/α,β-unsaturated/α-hetero) is 1. The van der Waals surface area contributed by atoms with Crippen LogP contribution in [0.1, 0.15) is 29.6 Å². The second-order valence-electron chi connectivity index (χ2n) is 8.32. The minimum absolute atomic E-state index is 0.0263. The quantitative estimate of drug-likeness (QED) is 0.349. The standard InChI is InChI=1S/C22H25N3O8S/c1-31-10-11-32-15-2-4-17-20(26)14-22(33-21(17)12-15)6-8-24(9-7-22)18-5-3-16(34(23,29)30)13-19(18)25(27)28/h2-5,12-13H,6-11,14H2,1H3,(H2,23,29,30). The molecular formula is C22H25N3O8S. The maximum atomic E-state index is 12.8. The zero-order valence-electron chi connectivity index (χ0n) is 18.6. The molecule has 0 unspecified atom stereocenters. The van der Waals surface area contributed by atoms with Gasteiger partial charge in [0, 0.05) is 45.2 Å². The van der Waals surface area contributed by atoms with Gasteiger partial charge in [0.25, 0.3) is 5.69 Å². The highest BCUT2D eigenvalue weighted by atomic mass is 32.2. The number of nitro groups is 1. The maximum absolute atomic E-state index is 12.8. The fraction of sp³-hybridized carbons (Fsp3) is 0.409. The van der Waals surface area contributed by atoms with Gasteiger partial charge in [0.05, 0.1) is 28.4 Å². The molecule has 2 N–H and O–H groups in total. The van der Waals surface area contributed by atoms with Crippen LogP contribution in [0, 0.1) is 10.1 Å². The molecule has 0 aromatic heterocycles. The van der Waals surface area contributed by atoms with Crippen LogP contribution in [0.3, 0.4) is 0 Å². The number of ketones is 1. The molecule has 0 amide bonds. The molecule has 12 heteroatoms. The Labute approximate surface area is 196 Å². The molecule has 0 saturated carbocycles. The Balaban J connectivity index is 1.52. The Morgan fingerprint density at radius 1 is 1.18 bits per heavy atom. The SMILES string of the molecule is COCCOc1ccc2c(c1)OC1(CCN(c3ccc(S(N)(=O)=O)cc3[N+](=O)[O-])CC1)CC2=O. The Bertz CT molecular complexity index is 1220. The van der Waals surface area contributed by atoms with E-state index in [4.69, 9.17) is 19.3 Å². The first kappa shape index (κ1) is 23.9. The summed E-state index contributed by atoms with van der Waals surface area (Å²) >= 11 is 0. The van der Waals surface area contributed by atoms with Crippen molar-refractivity contribution in [2.24, 2.45) is 5.14 Å². The fourth-order valence-electron chi connectivity index (χ4n) is 4.34. The summed E-state index contributed by atoms with van der Waals surface area (Å²) < 4.78 is 40.1. The third-order valence-electron chi connectivity index (χ3n) is 6.11. The molecule has 1 fully saturated rings. The number of fused-ring (bicyclic) bond motifs is 1. The van der Waals surface area contributed by atoms with Crippen LogP contribution in [-0.2, 0) is 14.8 Å². The minimum Gasteiger partial charge on any atom is -0.491 e. The van der Waals surface area contributed by atoms with Crippen molar-refractivity contribution < 1.29 is 32.3 Å². The van der Waals surface area contributed by atoms with E-state index >= 15 is 0 Å². The maximum Gasteiger partial charge on any atom is 0.293 e. The van der Waals surface area contributed by atoms with Gasteiger partial charge in [-0.2, -0.15) is 0 Å². The van der Waals surface area contributed by atoms with Crippen molar-refractivity contribution in [2.75, 3.05) is 38.3 Å². The second kappa shape index (κ2) is 9.20. The number of nitrogens with zero attached hydrogens (tertiary/aromatic N) is 2. The number of primary sulfonamides is 1. The number of rotatable bonds is 7. The lowest BCUT2D eigenvalue weighted by atomic mass is 9.82. The van der Waals surface area contributed by atoms with Gasteiger partial charge in [-0.3, -0.25) is 14.9 Å². The van der Waals surface area contributed by atoms with Crippen molar-refractivity contribution in [3.8, 4) is 11.5 Å². The third-order valence-corrected chi connectivity index (χ3v) is 7.02. The number of ether oxygens (including phenoxy) is 3. The van der Waals surface area contributed by atoms with Gasteiger partial charge in [-0.25, -0.2) is 13.6 Å². The van der Waals surface area contributed by atoms with E-state index in [0.29, 0.717) is 61.9 Å². The van der Waals surface area contributed by atoms with Gasteiger partial charge >= 0.3 is 0 Å². The number of carbonyl (C=O) groups excluding carboxylic acids is 1. The van der Waals surface area contributed by atoms with Gasteiger partial charge in [0.1, 0.15) is 29.4 Å². The van der Waals surface area contributed by atoms with Gasteiger partial charge in [0.2, 0.25) is 10.0 Å². The van der Waals surface area contributed by atoms with Crippen LogP contribution < -0.4 is 19.5 Å². The summed E-state index contributed by atoms with van der Waals surface area (Å²) in [4.78, 5) is 25.3. The van der Waals surface area contributed by atoms with Crippen molar-refractivity contribution >= 4 is 27.2 Å². The summed E-state index contributed by atoms with van der Waals surface area (Å²) in [5.74, 6) is 1.01. The molecule has 2 aromatic carbocycles. The molecule has 4 rings (SSSR count). The van der Waals surface area contributed by atoms with Crippen LogP contribution in [0.15, 0.2) is 41.3 Å². The van der Waals surface area contributed by atoms with Gasteiger partial charge in [-0.15, -0.1) is 0 Å². The Morgan fingerprint density at radius 2 is 1.91 bits per heavy atom. The molecule has 2 aliphatic heterocycles. The Hall–Kier alpha value is -3.22. The number of carbonyl (C=O) groups is 1. The van der Waals surface area contributed by atoms with E-state index in [1.54, 1.807) is 30.2 Å². The Morgan fingerprint density at radius 3 is 2.56 bits per heavy atom. The van der Waals surface area contributed by atoms with Crippen molar-refractivity contribution in [1.29, 1.82) is 0 Å². The molecule has 0 aliphatic carbocycles. The second-order valence-corrected chi connectivity index (χ2v) is 9.89. The smallest absolute Gasteiger partial charge is 0.293 e.